The Hall–Kier alpha value is -0.560. The summed E-state index contributed by atoms with van der Waals surface area (Å²) in [6.07, 6.45) is 0. The van der Waals surface area contributed by atoms with Crippen molar-refractivity contribution in [3.05, 3.63) is 47.0 Å². The minimum Gasteiger partial charge on any atom is -0.0882 e. The van der Waals surface area contributed by atoms with E-state index < -0.39 is 0 Å². The number of rotatable bonds is 2. The SMILES string of the molecule is C=C(Br)[C@H](C)c1ccccc1. The third-order valence-corrected chi connectivity index (χ3v) is 2.46. The van der Waals surface area contributed by atoms with Gasteiger partial charge in [-0.15, -0.1) is 0 Å². The molecule has 0 aromatic heterocycles. The first-order valence-electron chi connectivity index (χ1n) is 3.61. The average molecular weight is 211 g/mol. The van der Waals surface area contributed by atoms with E-state index in [1.165, 1.54) is 5.56 Å². The highest BCUT2D eigenvalue weighted by Gasteiger charge is 2.04. The van der Waals surface area contributed by atoms with Gasteiger partial charge in [0.2, 0.25) is 0 Å². The predicted molar refractivity (Wildman–Crippen MR) is 52.9 cm³/mol. The van der Waals surface area contributed by atoms with Crippen molar-refractivity contribution in [2.75, 3.05) is 0 Å². The molecule has 0 heterocycles. The topological polar surface area (TPSA) is 0 Å². The number of hydrogen-bond acceptors (Lipinski definition) is 0. The second-order valence-corrected chi connectivity index (χ2v) is 3.60. The first-order valence-corrected chi connectivity index (χ1v) is 4.40. The van der Waals surface area contributed by atoms with Gasteiger partial charge >= 0.3 is 0 Å². The first-order chi connectivity index (χ1) is 5.22. The van der Waals surface area contributed by atoms with Crippen molar-refractivity contribution in [3.8, 4) is 0 Å². The fourth-order valence-electron chi connectivity index (χ4n) is 0.923. The lowest BCUT2D eigenvalue weighted by molar-refractivity contribution is 0.959. The molecule has 0 N–H and O–H groups in total. The van der Waals surface area contributed by atoms with Crippen LogP contribution in [0.5, 0.6) is 0 Å². The van der Waals surface area contributed by atoms with Crippen LogP contribution in [-0.4, -0.2) is 0 Å². The van der Waals surface area contributed by atoms with E-state index in [9.17, 15) is 0 Å². The minimum atomic E-state index is 0.399. The molecule has 0 saturated carbocycles. The van der Waals surface area contributed by atoms with Crippen LogP contribution in [0.4, 0.5) is 0 Å². The van der Waals surface area contributed by atoms with Crippen LogP contribution in [-0.2, 0) is 0 Å². The zero-order valence-electron chi connectivity index (χ0n) is 6.55. The van der Waals surface area contributed by atoms with Crippen LogP contribution in [0, 0.1) is 0 Å². The van der Waals surface area contributed by atoms with E-state index in [0.29, 0.717) is 5.92 Å². The molecule has 1 aromatic carbocycles. The zero-order chi connectivity index (χ0) is 8.27. The molecular formula is C10H11Br. The van der Waals surface area contributed by atoms with Gasteiger partial charge in [0.05, 0.1) is 0 Å². The van der Waals surface area contributed by atoms with Crippen LogP contribution >= 0.6 is 15.9 Å². The Morgan fingerprint density at radius 1 is 1.36 bits per heavy atom. The fourth-order valence-corrected chi connectivity index (χ4v) is 1.19. The van der Waals surface area contributed by atoms with Crippen LogP contribution in [0.2, 0.25) is 0 Å². The molecule has 0 nitrogen and oxygen atoms in total. The standard InChI is InChI=1S/C10H11Br/c1-8(9(2)11)10-6-4-3-5-7-10/h3-8H,2H2,1H3/t8-/m0/s1. The molecule has 0 aliphatic heterocycles. The summed E-state index contributed by atoms with van der Waals surface area (Å²) in [4.78, 5) is 0. The molecule has 0 fully saturated rings. The molecular weight excluding hydrogens is 200 g/mol. The molecule has 1 atom stereocenters. The van der Waals surface area contributed by atoms with E-state index in [1.54, 1.807) is 0 Å². The van der Waals surface area contributed by atoms with Gasteiger partial charge in [0, 0.05) is 5.92 Å². The molecule has 0 saturated heterocycles. The Balaban J connectivity index is 2.85. The zero-order valence-corrected chi connectivity index (χ0v) is 8.14. The monoisotopic (exact) mass is 210 g/mol. The second-order valence-electron chi connectivity index (χ2n) is 2.58. The van der Waals surface area contributed by atoms with Crippen LogP contribution < -0.4 is 0 Å². The summed E-state index contributed by atoms with van der Waals surface area (Å²) in [5.74, 6) is 0.399. The average Bonchev–Trinajstić information content (AvgIpc) is 2.05. The highest BCUT2D eigenvalue weighted by Crippen LogP contribution is 2.25. The van der Waals surface area contributed by atoms with Crippen molar-refractivity contribution in [2.45, 2.75) is 12.8 Å². The maximum Gasteiger partial charge on any atom is 0.0121 e. The van der Waals surface area contributed by atoms with Crippen LogP contribution in [0.1, 0.15) is 18.4 Å². The Kier molecular flexibility index (Phi) is 2.89. The molecule has 0 aliphatic carbocycles. The molecule has 0 spiro atoms. The lowest BCUT2D eigenvalue weighted by Gasteiger charge is -2.08. The Morgan fingerprint density at radius 3 is 2.36 bits per heavy atom. The van der Waals surface area contributed by atoms with E-state index in [-0.39, 0.29) is 0 Å². The number of allylic oxidation sites excluding steroid dienone is 1. The summed E-state index contributed by atoms with van der Waals surface area (Å²) in [6, 6.07) is 10.3. The van der Waals surface area contributed by atoms with Crippen molar-refractivity contribution in [1.82, 2.24) is 0 Å². The van der Waals surface area contributed by atoms with E-state index in [0.717, 1.165) is 4.48 Å². The number of benzene rings is 1. The molecule has 1 rings (SSSR count). The van der Waals surface area contributed by atoms with Crippen molar-refractivity contribution in [2.24, 2.45) is 0 Å². The van der Waals surface area contributed by atoms with Crippen molar-refractivity contribution < 1.29 is 0 Å². The van der Waals surface area contributed by atoms with Gasteiger partial charge in [-0.25, -0.2) is 0 Å². The summed E-state index contributed by atoms with van der Waals surface area (Å²) in [5, 5.41) is 0. The van der Waals surface area contributed by atoms with Crippen molar-refractivity contribution in [1.29, 1.82) is 0 Å². The quantitative estimate of drug-likeness (QED) is 0.699. The fraction of sp³-hybridized carbons (Fsp3) is 0.200. The van der Waals surface area contributed by atoms with Crippen LogP contribution in [0.3, 0.4) is 0 Å². The van der Waals surface area contributed by atoms with Gasteiger partial charge in [-0.3, -0.25) is 0 Å². The molecule has 1 heteroatoms. The molecule has 0 radical (unpaired) electrons. The van der Waals surface area contributed by atoms with E-state index >= 15 is 0 Å². The predicted octanol–water partition coefficient (Wildman–Crippen LogP) is 3.70. The molecule has 0 unspecified atom stereocenters. The maximum absolute atomic E-state index is 3.85. The lowest BCUT2D eigenvalue weighted by Crippen LogP contribution is -1.90. The Labute approximate surface area is 76.1 Å². The third-order valence-electron chi connectivity index (χ3n) is 1.77. The molecule has 58 valence electrons. The first kappa shape index (κ1) is 8.54. The molecule has 0 bridgehead atoms. The molecule has 0 amide bonds. The van der Waals surface area contributed by atoms with Gasteiger partial charge in [0.1, 0.15) is 0 Å². The largest absolute Gasteiger partial charge is 0.0882 e. The summed E-state index contributed by atoms with van der Waals surface area (Å²) in [5.41, 5.74) is 1.30. The summed E-state index contributed by atoms with van der Waals surface area (Å²) < 4.78 is 1.03. The summed E-state index contributed by atoms with van der Waals surface area (Å²) in [6.45, 7) is 5.98. The van der Waals surface area contributed by atoms with Gasteiger partial charge in [-0.05, 0) is 10.0 Å². The molecule has 0 aliphatic rings. The van der Waals surface area contributed by atoms with E-state index in [4.69, 9.17) is 0 Å². The highest BCUT2D eigenvalue weighted by molar-refractivity contribution is 9.11. The Bertz CT molecular complexity index is 238. The lowest BCUT2D eigenvalue weighted by atomic mass is 10.0. The minimum absolute atomic E-state index is 0.399. The van der Waals surface area contributed by atoms with Gasteiger partial charge in [0.15, 0.2) is 0 Å². The molecule has 11 heavy (non-hydrogen) atoms. The smallest absolute Gasteiger partial charge is 0.0121 e. The highest BCUT2D eigenvalue weighted by atomic mass is 79.9. The normalized spacial score (nSPS) is 12.5. The maximum atomic E-state index is 3.85. The number of halogens is 1. The van der Waals surface area contributed by atoms with Crippen molar-refractivity contribution >= 4 is 15.9 Å². The van der Waals surface area contributed by atoms with Gasteiger partial charge in [0.25, 0.3) is 0 Å². The van der Waals surface area contributed by atoms with Gasteiger partial charge < -0.3 is 0 Å². The third kappa shape index (κ3) is 2.19. The summed E-state index contributed by atoms with van der Waals surface area (Å²) >= 11 is 3.38. The van der Waals surface area contributed by atoms with Gasteiger partial charge in [-0.2, -0.15) is 0 Å². The van der Waals surface area contributed by atoms with Crippen LogP contribution in [0.15, 0.2) is 41.4 Å². The molecule has 1 aromatic rings. The number of hydrogen-bond donors (Lipinski definition) is 0. The Morgan fingerprint density at radius 2 is 1.91 bits per heavy atom. The van der Waals surface area contributed by atoms with Crippen LogP contribution in [0.25, 0.3) is 0 Å². The van der Waals surface area contributed by atoms with E-state index in [1.807, 2.05) is 18.2 Å². The van der Waals surface area contributed by atoms with Gasteiger partial charge in [-0.1, -0.05) is 59.8 Å². The van der Waals surface area contributed by atoms with Crippen molar-refractivity contribution in [3.63, 3.8) is 0 Å². The van der Waals surface area contributed by atoms with E-state index in [2.05, 4.69) is 41.6 Å². The second kappa shape index (κ2) is 3.72. The summed E-state index contributed by atoms with van der Waals surface area (Å²) in [7, 11) is 0.